The molecule has 0 aliphatic rings. The summed E-state index contributed by atoms with van der Waals surface area (Å²) in [4.78, 5) is 21.4. The molecule has 0 saturated heterocycles. The van der Waals surface area contributed by atoms with Crippen molar-refractivity contribution >= 4 is 16.8 Å². The lowest BCUT2D eigenvalue weighted by atomic mass is 10.2. The van der Waals surface area contributed by atoms with Crippen LogP contribution in [0.5, 0.6) is 0 Å². The first-order valence-corrected chi connectivity index (χ1v) is 3.81. The molecular weight excluding hydrogens is 178 g/mol. The van der Waals surface area contributed by atoms with Gasteiger partial charge in [0.2, 0.25) is 10.8 Å². The fourth-order valence-corrected chi connectivity index (χ4v) is 1.07. The second-order valence-electron chi connectivity index (χ2n) is 2.52. The quantitative estimate of drug-likeness (QED) is 0.636. The lowest BCUT2D eigenvalue weighted by molar-refractivity contribution is -0.111. The monoisotopic (exact) mass is 185 g/mol. The second-order valence-corrected chi connectivity index (χ2v) is 2.94. The summed E-state index contributed by atoms with van der Waals surface area (Å²) < 4.78 is 1.41. The van der Waals surface area contributed by atoms with E-state index in [1.165, 1.54) is 10.6 Å². The summed E-state index contributed by atoms with van der Waals surface area (Å²) in [7, 11) is 1.63. The smallest absolute Gasteiger partial charge is 0.250 e. The minimum atomic E-state index is -0.423. The topological polar surface area (TPSA) is 39.1 Å². The third-order valence-corrected chi connectivity index (χ3v) is 1.62. The van der Waals surface area contributed by atoms with Crippen molar-refractivity contribution in [2.24, 2.45) is 7.05 Å². The molecule has 0 aliphatic heterocycles. The van der Waals surface area contributed by atoms with Crippen LogP contribution in [-0.4, -0.2) is 9.81 Å². The van der Waals surface area contributed by atoms with Crippen molar-refractivity contribution < 1.29 is 4.79 Å². The van der Waals surface area contributed by atoms with E-state index in [0.717, 1.165) is 5.56 Å². The van der Waals surface area contributed by atoms with E-state index in [2.05, 4.69) is 0 Å². The van der Waals surface area contributed by atoms with Gasteiger partial charge in [0.15, 0.2) is 0 Å². The van der Waals surface area contributed by atoms with Gasteiger partial charge in [0.25, 0.3) is 0 Å². The zero-order chi connectivity index (χ0) is 9.14. The molecule has 3 nitrogen and oxygen atoms in total. The van der Waals surface area contributed by atoms with Crippen LogP contribution in [0.25, 0.3) is 0 Å². The Kier molecular flexibility index (Phi) is 2.65. The number of nitrogens with zero attached hydrogens (tertiary/aromatic N) is 1. The summed E-state index contributed by atoms with van der Waals surface area (Å²) in [6.07, 6.45) is 1.76. The second kappa shape index (κ2) is 3.54. The van der Waals surface area contributed by atoms with E-state index in [1.54, 1.807) is 19.3 Å². The average Bonchev–Trinajstić information content (AvgIpc) is 1.96. The molecule has 0 N–H and O–H groups in total. The van der Waals surface area contributed by atoms with Crippen LogP contribution in [0.15, 0.2) is 23.1 Å². The van der Waals surface area contributed by atoms with E-state index in [1.807, 2.05) is 0 Å². The Balaban J connectivity index is 2.97. The molecule has 4 heteroatoms. The van der Waals surface area contributed by atoms with Crippen LogP contribution < -0.4 is 5.56 Å². The molecule has 64 valence electrons. The van der Waals surface area contributed by atoms with Gasteiger partial charge in [0, 0.05) is 25.7 Å². The number of aromatic nitrogens is 1. The van der Waals surface area contributed by atoms with Crippen molar-refractivity contribution in [3.05, 3.63) is 34.2 Å². The maximum Gasteiger partial charge on any atom is 0.250 e. The Hall–Kier alpha value is -1.09. The summed E-state index contributed by atoms with van der Waals surface area (Å²) in [5.74, 6) is 0. The van der Waals surface area contributed by atoms with E-state index in [0.29, 0.717) is 0 Å². The Bertz CT molecular complexity index is 356. The third kappa shape index (κ3) is 2.20. The molecule has 0 saturated carbocycles. The molecule has 0 fully saturated rings. The van der Waals surface area contributed by atoms with Crippen LogP contribution in [0.2, 0.25) is 0 Å². The molecule has 0 bridgehead atoms. The molecular formula is C8H8ClNO2. The van der Waals surface area contributed by atoms with Gasteiger partial charge < -0.3 is 4.57 Å². The van der Waals surface area contributed by atoms with Gasteiger partial charge in [-0.1, -0.05) is 6.07 Å². The summed E-state index contributed by atoms with van der Waals surface area (Å²) >= 11 is 5.18. The number of aryl methyl sites for hydroxylation is 1. The molecule has 0 amide bonds. The minimum Gasteiger partial charge on any atom is -0.318 e. The Morgan fingerprint density at radius 3 is 2.75 bits per heavy atom. The fraction of sp³-hybridized carbons (Fsp3) is 0.250. The third-order valence-electron chi connectivity index (χ3n) is 1.49. The van der Waals surface area contributed by atoms with Gasteiger partial charge in [-0.15, -0.1) is 0 Å². The van der Waals surface area contributed by atoms with Gasteiger partial charge in [-0.25, -0.2) is 0 Å². The van der Waals surface area contributed by atoms with Gasteiger partial charge in [-0.3, -0.25) is 9.59 Å². The standard InChI is InChI=1S/C8H8ClNO2/c1-10-5-6(4-7(9)11)2-3-8(10)12/h2-3,5H,4H2,1H3. The van der Waals surface area contributed by atoms with Crippen LogP contribution in [0.1, 0.15) is 5.56 Å². The van der Waals surface area contributed by atoms with E-state index in [4.69, 9.17) is 11.6 Å². The van der Waals surface area contributed by atoms with Gasteiger partial charge in [0.1, 0.15) is 0 Å². The Morgan fingerprint density at radius 1 is 1.58 bits per heavy atom. The van der Waals surface area contributed by atoms with Crippen molar-refractivity contribution in [2.45, 2.75) is 6.42 Å². The predicted molar refractivity (Wildman–Crippen MR) is 46.2 cm³/mol. The van der Waals surface area contributed by atoms with Crippen molar-refractivity contribution in [1.29, 1.82) is 0 Å². The lowest BCUT2D eigenvalue weighted by Gasteiger charge is -1.99. The first-order chi connectivity index (χ1) is 5.59. The predicted octanol–water partition coefficient (Wildman–Crippen LogP) is 0.693. The SMILES string of the molecule is Cn1cc(CC(=O)Cl)ccc1=O. The maximum atomic E-state index is 10.9. The molecule has 1 aromatic heterocycles. The lowest BCUT2D eigenvalue weighted by Crippen LogP contribution is -2.15. The van der Waals surface area contributed by atoms with E-state index < -0.39 is 5.24 Å². The first-order valence-electron chi connectivity index (χ1n) is 3.43. The molecule has 1 rings (SSSR count). The highest BCUT2D eigenvalue weighted by atomic mass is 35.5. The highest BCUT2D eigenvalue weighted by Gasteiger charge is 1.99. The van der Waals surface area contributed by atoms with Crippen LogP contribution >= 0.6 is 11.6 Å². The van der Waals surface area contributed by atoms with Crippen molar-refractivity contribution in [2.75, 3.05) is 0 Å². The van der Waals surface area contributed by atoms with Crippen molar-refractivity contribution in [3.8, 4) is 0 Å². The molecule has 0 spiro atoms. The number of carbonyl (C=O) groups excluding carboxylic acids is 1. The number of rotatable bonds is 2. The summed E-state index contributed by atoms with van der Waals surface area (Å²) in [6.45, 7) is 0. The Labute approximate surface area is 74.6 Å². The highest BCUT2D eigenvalue weighted by Crippen LogP contribution is 1.98. The normalized spacial score (nSPS) is 9.83. The van der Waals surface area contributed by atoms with Gasteiger partial charge in [-0.2, -0.15) is 0 Å². The van der Waals surface area contributed by atoms with Crippen LogP contribution in [0, 0.1) is 0 Å². The van der Waals surface area contributed by atoms with Gasteiger partial charge in [-0.05, 0) is 17.2 Å². The molecule has 1 aromatic rings. The van der Waals surface area contributed by atoms with Gasteiger partial charge >= 0.3 is 0 Å². The zero-order valence-corrected chi connectivity index (χ0v) is 7.34. The number of halogens is 1. The van der Waals surface area contributed by atoms with Crippen molar-refractivity contribution in [1.82, 2.24) is 4.57 Å². The zero-order valence-electron chi connectivity index (χ0n) is 6.58. The molecule has 0 aromatic carbocycles. The summed E-state index contributed by atoms with van der Waals surface area (Å²) in [5.41, 5.74) is 0.651. The van der Waals surface area contributed by atoms with Gasteiger partial charge in [0.05, 0.1) is 0 Å². The summed E-state index contributed by atoms with van der Waals surface area (Å²) in [6, 6.07) is 3.01. The fourth-order valence-electron chi connectivity index (χ4n) is 0.916. The van der Waals surface area contributed by atoms with E-state index in [9.17, 15) is 9.59 Å². The van der Waals surface area contributed by atoms with E-state index >= 15 is 0 Å². The van der Waals surface area contributed by atoms with Crippen LogP contribution in [-0.2, 0) is 18.3 Å². The minimum absolute atomic E-state index is 0.0965. The Morgan fingerprint density at radius 2 is 2.25 bits per heavy atom. The van der Waals surface area contributed by atoms with Crippen LogP contribution in [0.4, 0.5) is 0 Å². The maximum absolute atomic E-state index is 10.9. The average molecular weight is 186 g/mol. The number of hydrogen-bond acceptors (Lipinski definition) is 2. The number of carbonyl (C=O) groups is 1. The van der Waals surface area contributed by atoms with E-state index in [-0.39, 0.29) is 12.0 Å². The molecule has 12 heavy (non-hydrogen) atoms. The molecule has 0 aliphatic carbocycles. The van der Waals surface area contributed by atoms with Crippen LogP contribution in [0.3, 0.4) is 0 Å². The highest BCUT2D eigenvalue weighted by molar-refractivity contribution is 6.63. The number of pyridine rings is 1. The molecule has 0 unspecified atom stereocenters. The number of hydrogen-bond donors (Lipinski definition) is 0. The summed E-state index contributed by atoms with van der Waals surface area (Å²) in [5, 5.41) is -0.423. The molecule has 0 atom stereocenters. The molecule has 0 radical (unpaired) electrons. The van der Waals surface area contributed by atoms with Crippen molar-refractivity contribution in [3.63, 3.8) is 0 Å². The first kappa shape index (κ1) is 9.00. The largest absolute Gasteiger partial charge is 0.318 e. The molecule has 1 heterocycles.